The van der Waals surface area contributed by atoms with Crippen molar-refractivity contribution in [3.8, 4) is 11.4 Å². The molecule has 2 unspecified atom stereocenters. The SMILES string of the molecule is COC(=O)NC(C(=O)N1CCCC1(C)C(=O)Nc1ccc(-c2nc3ccc(N)cc3[nH]2)cc1)C(C)C. The highest BCUT2D eigenvalue weighted by Gasteiger charge is 2.47. The Bertz CT molecular complexity index is 1290. The van der Waals surface area contributed by atoms with E-state index < -0.39 is 17.7 Å². The molecule has 2 heterocycles. The van der Waals surface area contributed by atoms with Gasteiger partial charge in [-0.25, -0.2) is 9.78 Å². The van der Waals surface area contributed by atoms with Gasteiger partial charge in [0.2, 0.25) is 11.8 Å². The van der Waals surface area contributed by atoms with Gasteiger partial charge in [0.25, 0.3) is 0 Å². The lowest BCUT2D eigenvalue weighted by Crippen LogP contribution is -2.59. The first kappa shape index (κ1) is 25.0. The normalized spacial score (nSPS) is 18.3. The van der Waals surface area contributed by atoms with E-state index in [2.05, 4.69) is 25.3 Å². The highest BCUT2D eigenvalue weighted by molar-refractivity contribution is 6.01. The lowest BCUT2D eigenvalue weighted by Gasteiger charge is -2.37. The van der Waals surface area contributed by atoms with E-state index in [1.807, 2.05) is 38.1 Å². The topological polar surface area (TPSA) is 142 Å². The maximum Gasteiger partial charge on any atom is 0.407 e. The molecule has 0 radical (unpaired) electrons. The summed E-state index contributed by atoms with van der Waals surface area (Å²) >= 11 is 0. The summed E-state index contributed by atoms with van der Waals surface area (Å²) in [5.74, 6) is -0.0510. The molecule has 1 aliphatic heterocycles. The van der Waals surface area contributed by atoms with Crippen LogP contribution in [0.1, 0.15) is 33.6 Å². The number of rotatable bonds is 6. The fraction of sp³-hybridized carbons (Fsp3) is 0.385. The summed E-state index contributed by atoms with van der Waals surface area (Å²) in [6.07, 6.45) is 0.530. The molecule has 3 amide bonds. The monoisotopic (exact) mass is 492 g/mol. The Morgan fingerprint density at radius 3 is 2.56 bits per heavy atom. The molecule has 36 heavy (non-hydrogen) atoms. The van der Waals surface area contributed by atoms with Gasteiger partial charge in [-0.3, -0.25) is 9.59 Å². The highest BCUT2D eigenvalue weighted by Crippen LogP contribution is 2.32. The molecule has 0 spiro atoms. The number of likely N-dealkylation sites (tertiary alicyclic amines) is 1. The fourth-order valence-electron chi connectivity index (χ4n) is 4.56. The summed E-state index contributed by atoms with van der Waals surface area (Å²) < 4.78 is 4.67. The van der Waals surface area contributed by atoms with Crippen molar-refractivity contribution in [1.82, 2.24) is 20.2 Å². The number of amides is 3. The number of aromatic nitrogens is 2. The average molecular weight is 493 g/mol. The van der Waals surface area contributed by atoms with Crippen LogP contribution in [-0.4, -0.2) is 58.0 Å². The molecule has 2 aromatic carbocycles. The summed E-state index contributed by atoms with van der Waals surface area (Å²) in [4.78, 5) is 47.9. The number of imidazole rings is 1. The minimum absolute atomic E-state index is 0.174. The first-order chi connectivity index (χ1) is 17.1. The number of nitrogens with one attached hydrogen (secondary N) is 3. The Kier molecular flexibility index (Phi) is 6.87. The molecule has 5 N–H and O–H groups in total. The molecule has 10 heteroatoms. The third-order valence-corrected chi connectivity index (χ3v) is 6.71. The van der Waals surface area contributed by atoms with Crippen molar-refractivity contribution in [1.29, 1.82) is 0 Å². The average Bonchev–Trinajstić information content (AvgIpc) is 3.46. The molecule has 10 nitrogen and oxygen atoms in total. The summed E-state index contributed by atoms with van der Waals surface area (Å²) in [7, 11) is 1.25. The summed E-state index contributed by atoms with van der Waals surface area (Å²) in [6, 6.07) is 12.0. The molecular weight excluding hydrogens is 460 g/mol. The molecule has 190 valence electrons. The van der Waals surface area contributed by atoms with Crippen molar-refractivity contribution >= 4 is 40.3 Å². The van der Waals surface area contributed by atoms with Crippen molar-refractivity contribution in [2.75, 3.05) is 24.7 Å². The minimum atomic E-state index is -1.04. The number of benzene rings is 2. The van der Waals surface area contributed by atoms with Crippen molar-refractivity contribution in [2.45, 2.75) is 45.2 Å². The first-order valence-electron chi connectivity index (χ1n) is 12.0. The maximum atomic E-state index is 13.4. The highest BCUT2D eigenvalue weighted by atomic mass is 16.5. The zero-order chi connectivity index (χ0) is 26.0. The number of H-pyrrole nitrogens is 1. The number of nitrogens with two attached hydrogens (primary N) is 1. The molecule has 0 aliphatic carbocycles. The molecule has 0 bridgehead atoms. The van der Waals surface area contributed by atoms with E-state index in [-0.39, 0.29) is 17.7 Å². The molecule has 1 saturated heterocycles. The molecular formula is C26H32N6O4. The summed E-state index contributed by atoms with van der Waals surface area (Å²) in [5.41, 5.74) is 8.60. The first-order valence-corrected chi connectivity index (χ1v) is 12.0. The number of hydrogen-bond acceptors (Lipinski definition) is 6. The largest absolute Gasteiger partial charge is 0.453 e. The van der Waals surface area contributed by atoms with Crippen LogP contribution in [-0.2, 0) is 14.3 Å². The van der Waals surface area contributed by atoms with Crippen LogP contribution in [0.5, 0.6) is 0 Å². The summed E-state index contributed by atoms with van der Waals surface area (Å²) in [5, 5.41) is 5.55. The van der Waals surface area contributed by atoms with Crippen molar-refractivity contribution in [2.24, 2.45) is 5.92 Å². The number of carbonyl (C=O) groups is 3. The lowest BCUT2D eigenvalue weighted by atomic mass is 9.95. The number of carbonyl (C=O) groups excluding carboxylic acids is 3. The van der Waals surface area contributed by atoms with Crippen LogP contribution in [0.2, 0.25) is 0 Å². The molecule has 1 fully saturated rings. The van der Waals surface area contributed by atoms with Crippen LogP contribution in [0.15, 0.2) is 42.5 Å². The Hall–Kier alpha value is -4.08. The third-order valence-electron chi connectivity index (χ3n) is 6.71. The van der Waals surface area contributed by atoms with Gasteiger partial charge in [0, 0.05) is 23.5 Å². The predicted octanol–water partition coefficient (Wildman–Crippen LogP) is 3.51. The van der Waals surface area contributed by atoms with Crippen molar-refractivity contribution < 1.29 is 19.1 Å². The number of aromatic amines is 1. The van der Waals surface area contributed by atoms with Crippen LogP contribution in [0, 0.1) is 5.92 Å². The van der Waals surface area contributed by atoms with Crippen LogP contribution < -0.4 is 16.4 Å². The quantitative estimate of drug-likeness (QED) is 0.388. The Morgan fingerprint density at radius 1 is 1.17 bits per heavy atom. The molecule has 0 saturated carbocycles. The van der Waals surface area contributed by atoms with Gasteiger partial charge in [-0.2, -0.15) is 0 Å². The standard InChI is InChI=1S/C26H32N6O4/c1-15(2)21(31-25(35)36-4)23(33)32-13-5-12-26(32,3)24(34)28-18-9-6-16(7-10-18)22-29-19-11-8-17(27)14-20(19)30-22/h6-11,14-15,21H,5,12-13,27H2,1-4H3,(H,28,34)(H,29,30)(H,31,35). The number of ether oxygens (including phenoxy) is 1. The van der Waals surface area contributed by atoms with Gasteiger partial charge >= 0.3 is 6.09 Å². The van der Waals surface area contributed by atoms with Gasteiger partial charge in [-0.05, 0) is 68.1 Å². The number of anilines is 2. The van der Waals surface area contributed by atoms with E-state index in [1.54, 1.807) is 30.0 Å². The van der Waals surface area contributed by atoms with Crippen LogP contribution in [0.25, 0.3) is 22.4 Å². The number of hydrogen-bond donors (Lipinski definition) is 4. The van der Waals surface area contributed by atoms with E-state index in [0.717, 1.165) is 16.6 Å². The van der Waals surface area contributed by atoms with Gasteiger partial charge in [-0.1, -0.05) is 13.8 Å². The Balaban J connectivity index is 1.49. The van der Waals surface area contributed by atoms with Gasteiger partial charge in [0.15, 0.2) is 0 Å². The van der Waals surface area contributed by atoms with E-state index in [1.165, 1.54) is 7.11 Å². The van der Waals surface area contributed by atoms with Crippen molar-refractivity contribution in [3.05, 3.63) is 42.5 Å². The fourth-order valence-corrected chi connectivity index (χ4v) is 4.56. The third kappa shape index (κ3) is 4.84. The number of nitrogen functional groups attached to an aromatic ring is 1. The molecule has 2 atom stereocenters. The van der Waals surface area contributed by atoms with Crippen molar-refractivity contribution in [3.63, 3.8) is 0 Å². The van der Waals surface area contributed by atoms with Crippen LogP contribution in [0.4, 0.5) is 16.2 Å². The van der Waals surface area contributed by atoms with E-state index in [0.29, 0.717) is 36.6 Å². The second-order valence-corrected chi connectivity index (χ2v) is 9.62. The smallest absolute Gasteiger partial charge is 0.407 e. The minimum Gasteiger partial charge on any atom is -0.453 e. The van der Waals surface area contributed by atoms with E-state index in [9.17, 15) is 14.4 Å². The molecule has 1 aliphatic rings. The van der Waals surface area contributed by atoms with Crippen LogP contribution in [0.3, 0.4) is 0 Å². The Morgan fingerprint density at radius 2 is 1.89 bits per heavy atom. The van der Waals surface area contributed by atoms with Gasteiger partial charge < -0.3 is 31.0 Å². The zero-order valence-corrected chi connectivity index (χ0v) is 20.9. The number of alkyl carbamates (subject to hydrolysis) is 1. The second-order valence-electron chi connectivity index (χ2n) is 9.62. The molecule has 4 rings (SSSR count). The number of fused-ring (bicyclic) bond motifs is 1. The number of nitrogens with zero attached hydrogens (tertiary/aromatic N) is 2. The van der Waals surface area contributed by atoms with Gasteiger partial charge in [0.1, 0.15) is 17.4 Å². The predicted molar refractivity (Wildman–Crippen MR) is 138 cm³/mol. The second kappa shape index (κ2) is 9.88. The van der Waals surface area contributed by atoms with Crippen LogP contribution >= 0.6 is 0 Å². The Labute approximate surface area is 209 Å². The zero-order valence-electron chi connectivity index (χ0n) is 20.9. The molecule has 3 aromatic rings. The molecule has 1 aromatic heterocycles. The van der Waals surface area contributed by atoms with E-state index in [4.69, 9.17) is 5.73 Å². The van der Waals surface area contributed by atoms with Gasteiger partial charge in [-0.15, -0.1) is 0 Å². The summed E-state index contributed by atoms with van der Waals surface area (Å²) in [6.45, 7) is 5.87. The maximum absolute atomic E-state index is 13.4. The van der Waals surface area contributed by atoms with Gasteiger partial charge in [0.05, 0.1) is 18.1 Å². The number of methoxy groups -OCH3 is 1. The van der Waals surface area contributed by atoms with E-state index >= 15 is 0 Å². The lowest BCUT2D eigenvalue weighted by molar-refractivity contribution is -0.144.